The Hall–Kier alpha value is -1.38. The molecule has 0 spiro atoms. The second-order valence-electron chi connectivity index (χ2n) is 4.22. The van der Waals surface area contributed by atoms with Crippen molar-refractivity contribution in [2.45, 2.75) is 13.0 Å². The van der Waals surface area contributed by atoms with Crippen molar-refractivity contribution in [3.63, 3.8) is 0 Å². The van der Waals surface area contributed by atoms with Crippen molar-refractivity contribution < 1.29 is 4.39 Å². The highest BCUT2D eigenvalue weighted by Crippen LogP contribution is 2.33. The molecule has 1 atom stereocenters. The molecule has 0 aromatic heterocycles. The quantitative estimate of drug-likeness (QED) is 0.864. The van der Waals surface area contributed by atoms with Crippen LogP contribution in [0.25, 0.3) is 11.1 Å². The van der Waals surface area contributed by atoms with Crippen molar-refractivity contribution in [1.29, 1.82) is 0 Å². The molecule has 0 aliphatic carbocycles. The maximum absolute atomic E-state index is 13.4. The van der Waals surface area contributed by atoms with Gasteiger partial charge in [0.05, 0.1) is 0 Å². The van der Waals surface area contributed by atoms with Crippen LogP contribution in [-0.2, 0) is 0 Å². The summed E-state index contributed by atoms with van der Waals surface area (Å²) in [5.74, 6) is -0.277. The van der Waals surface area contributed by atoms with E-state index in [9.17, 15) is 4.39 Å². The third-order valence-corrected chi connectivity index (χ3v) is 3.41. The van der Waals surface area contributed by atoms with Gasteiger partial charge in [-0.1, -0.05) is 35.9 Å². The lowest BCUT2D eigenvalue weighted by Gasteiger charge is -2.16. The zero-order chi connectivity index (χ0) is 13.1. The molecule has 0 heterocycles. The molecule has 2 aromatic rings. The maximum atomic E-state index is 13.4. The largest absolute Gasteiger partial charge is 0.313 e. The van der Waals surface area contributed by atoms with E-state index in [1.165, 1.54) is 12.1 Å². The van der Waals surface area contributed by atoms with Gasteiger partial charge in [-0.3, -0.25) is 0 Å². The fraction of sp³-hybridized carbons (Fsp3) is 0.200. The first-order valence-corrected chi connectivity index (χ1v) is 6.23. The lowest BCUT2D eigenvalue weighted by molar-refractivity contribution is 0.628. The number of halogens is 2. The Morgan fingerprint density at radius 3 is 2.56 bits per heavy atom. The molecule has 1 unspecified atom stereocenters. The lowest BCUT2D eigenvalue weighted by atomic mass is 9.95. The molecule has 0 fully saturated rings. The number of hydrogen-bond acceptors (Lipinski definition) is 1. The standard InChI is InChI=1S/C15H15ClFN/c1-10(18-2)12-5-3-4-6-13(12)14-9-11(17)7-8-15(14)16/h3-10,18H,1-2H3. The maximum Gasteiger partial charge on any atom is 0.123 e. The van der Waals surface area contributed by atoms with Gasteiger partial charge >= 0.3 is 0 Å². The summed E-state index contributed by atoms with van der Waals surface area (Å²) in [4.78, 5) is 0. The Labute approximate surface area is 112 Å². The van der Waals surface area contributed by atoms with Gasteiger partial charge in [-0.2, -0.15) is 0 Å². The van der Waals surface area contributed by atoms with Crippen molar-refractivity contribution in [2.75, 3.05) is 7.05 Å². The first-order chi connectivity index (χ1) is 8.63. The first-order valence-electron chi connectivity index (χ1n) is 5.85. The lowest BCUT2D eigenvalue weighted by Crippen LogP contribution is -2.13. The van der Waals surface area contributed by atoms with Gasteiger partial charge < -0.3 is 5.32 Å². The van der Waals surface area contributed by atoms with Crippen LogP contribution >= 0.6 is 11.6 Å². The summed E-state index contributed by atoms with van der Waals surface area (Å²) in [6, 6.07) is 12.5. The van der Waals surface area contributed by atoms with E-state index < -0.39 is 0 Å². The number of hydrogen-bond donors (Lipinski definition) is 1. The van der Waals surface area contributed by atoms with Gasteiger partial charge in [0.2, 0.25) is 0 Å². The Morgan fingerprint density at radius 2 is 1.83 bits per heavy atom. The van der Waals surface area contributed by atoms with E-state index in [-0.39, 0.29) is 11.9 Å². The summed E-state index contributed by atoms with van der Waals surface area (Å²) in [5, 5.41) is 3.75. The molecule has 0 aliphatic rings. The molecule has 0 radical (unpaired) electrons. The third-order valence-electron chi connectivity index (χ3n) is 3.08. The van der Waals surface area contributed by atoms with Crippen LogP contribution in [0.4, 0.5) is 4.39 Å². The topological polar surface area (TPSA) is 12.0 Å². The van der Waals surface area contributed by atoms with Gasteiger partial charge in [0.25, 0.3) is 0 Å². The van der Waals surface area contributed by atoms with Gasteiger partial charge in [0.15, 0.2) is 0 Å². The SMILES string of the molecule is CNC(C)c1ccccc1-c1cc(F)ccc1Cl. The molecule has 0 saturated heterocycles. The average molecular weight is 264 g/mol. The van der Waals surface area contributed by atoms with E-state index in [2.05, 4.69) is 12.2 Å². The summed E-state index contributed by atoms with van der Waals surface area (Å²) >= 11 is 6.16. The van der Waals surface area contributed by atoms with Crippen LogP contribution in [0, 0.1) is 5.82 Å². The molecule has 0 saturated carbocycles. The number of rotatable bonds is 3. The van der Waals surface area contributed by atoms with Crippen molar-refractivity contribution in [3.05, 3.63) is 58.9 Å². The average Bonchev–Trinajstić information content (AvgIpc) is 2.40. The predicted octanol–water partition coefficient (Wildman–Crippen LogP) is 4.43. The number of nitrogens with one attached hydrogen (secondary N) is 1. The van der Waals surface area contributed by atoms with E-state index in [1.54, 1.807) is 6.07 Å². The summed E-state index contributed by atoms with van der Waals surface area (Å²) in [6.07, 6.45) is 0. The zero-order valence-electron chi connectivity index (χ0n) is 10.4. The first kappa shape index (κ1) is 13.1. The summed E-state index contributed by atoms with van der Waals surface area (Å²) in [6.45, 7) is 2.06. The van der Waals surface area contributed by atoms with Crippen molar-refractivity contribution in [2.24, 2.45) is 0 Å². The van der Waals surface area contributed by atoms with E-state index in [4.69, 9.17) is 11.6 Å². The second kappa shape index (κ2) is 5.51. The van der Waals surface area contributed by atoms with Gasteiger partial charge in [-0.15, -0.1) is 0 Å². The van der Waals surface area contributed by atoms with Crippen LogP contribution in [0.3, 0.4) is 0 Å². The van der Waals surface area contributed by atoms with Crippen LogP contribution in [0.15, 0.2) is 42.5 Å². The van der Waals surface area contributed by atoms with Crippen LogP contribution in [0.2, 0.25) is 5.02 Å². The van der Waals surface area contributed by atoms with Crippen LogP contribution in [0.5, 0.6) is 0 Å². The van der Waals surface area contributed by atoms with Gasteiger partial charge in [-0.05, 0) is 43.3 Å². The molecular formula is C15H15ClFN. The smallest absolute Gasteiger partial charge is 0.123 e. The van der Waals surface area contributed by atoms with Crippen LogP contribution in [-0.4, -0.2) is 7.05 Å². The van der Waals surface area contributed by atoms with E-state index >= 15 is 0 Å². The molecule has 94 valence electrons. The molecular weight excluding hydrogens is 249 g/mol. The van der Waals surface area contributed by atoms with Gasteiger partial charge in [-0.25, -0.2) is 4.39 Å². The Morgan fingerprint density at radius 1 is 1.11 bits per heavy atom. The fourth-order valence-electron chi connectivity index (χ4n) is 1.98. The minimum Gasteiger partial charge on any atom is -0.313 e. The summed E-state index contributed by atoms with van der Waals surface area (Å²) in [7, 11) is 1.90. The molecule has 0 aliphatic heterocycles. The molecule has 2 aromatic carbocycles. The Balaban J connectivity index is 2.60. The highest BCUT2D eigenvalue weighted by atomic mass is 35.5. The van der Waals surface area contributed by atoms with Gasteiger partial charge in [0, 0.05) is 16.6 Å². The minimum atomic E-state index is -0.277. The van der Waals surface area contributed by atoms with Crippen molar-refractivity contribution in [1.82, 2.24) is 5.32 Å². The molecule has 0 bridgehead atoms. The predicted molar refractivity (Wildman–Crippen MR) is 74.3 cm³/mol. The molecule has 0 amide bonds. The number of benzene rings is 2. The third kappa shape index (κ3) is 2.55. The normalized spacial score (nSPS) is 12.4. The molecule has 3 heteroatoms. The van der Waals surface area contributed by atoms with Crippen LogP contribution < -0.4 is 5.32 Å². The van der Waals surface area contributed by atoms with Crippen molar-refractivity contribution >= 4 is 11.6 Å². The Kier molecular flexibility index (Phi) is 4.00. The molecule has 1 N–H and O–H groups in total. The molecule has 18 heavy (non-hydrogen) atoms. The highest BCUT2D eigenvalue weighted by Gasteiger charge is 2.12. The van der Waals surface area contributed by atoms with Crippen LogP contribution in [0.1, 0.15) is 18.5 Å². The summed E-state index contributed by atoms with van der Waals surface area (Å²) < 4.78 is 13.4. The molecule has 2 rings (SSSR count). The second-order valence-corrected chi connectivity index (χ2v) is 4.63. The van der Waals surface area contributed by atoms with E-state index in [0.717, 1.165) is 16.7 Å². The minimum absolute atomic E-state index is 0.181. The van der Waals surface area contributed by atoms with E-state index in [1.807, 2.05) is 31.3 Å². The fourth-order valence-corrected chi connectivity index (χ4v) is 2.20. The zero-order valence-corrected chi connectivity index (χ0v) is 11.1. The highest BCUT2D eigenvalue weighted by molar-refractivity contribution is 6.33. The monoisotopic (exact) mass is 263 g/mol. The van der Waals surface area contributed by atoms with Crippen molar-refractivity contribution in [3.8, 4) is 11.1 Å². The van der Waals surface area contributed by atoms with Gasteiger partial charge in [0.1, 0.15) is 5.82 Å². The molecule has 1 nitrogen and oxygen atoms in total. The summed E-state index contributed by atoms with van der Waals surface area (Å²) in [5.41, 5.74) is 2.80. The Bertz CT molecular complexity index is 554. The van der Waals surface area contributed by atoms with E-state index in [0.29, 0.717) is 5.02 Å².